The Labute approximate surface area is 345 Å². The zero-order chi connectivity index (χ0) is 41.9. The number of nitro groups is 1. The quantitative estimate of drug-likeness (QED) is 0.0732. The van der Waals surface area contributed by atoms with Gasteiger partial charge in [-0.3, -0.25) is 29.4 Å². The maximum Gasteiger partial charge on any atom is 0.287 e. The topological polar surface area (TPSA) is 239 Å². The number of ether oxygens (including phenoxy) is 6. The molecule has 2 aliphatic carbocycles. The number of nitrogens with one attached hydrogen (secondary N) is 1. The Kier molecular flexibility index (Phi) is 11.4. The predicted molar refractivity (Wildman–Crippen MR) is 208 cm³/mol. The maximum atomic E-state index is 14.2. The molecule has 0 spiro atoms. The van der Waals surface area contributed by atoms with E-state index in [2.05, 4.69) is 15.2 Å². The highest BCUT2D eigenvalue weighted by molar-refractivity contribution is 8.76. The summed E-state index contributed by atoms with van der Waals surface area (Å²) in [7, 11) is 5.48. The number of aliphatic hydroxyl groups is 1. The number of fused-ring (bicyclic) bond motifs is 6. The molecule has 3 fully saturated rings. The summed E-state index contributed by atoms with van der Waals surface area (Å²) in [6.45, 7) is 4.70. The Morgan fingerprint density at radius 1 is 1.14 bits per heavy atom. The number of hydrogen-bond donors (Lipinski definition) is 4. The van der Waals surface area contributed by atoms with E-state index >= 15 is 0 Å². The predicted octanol–water partition coefficient (Wildman–Crippen LogP) is 3.40. The fourth-order valence-electron chi connectivity index (χ4n) is 8.60. The van der Waals surface area contributed by atoms with Gasteiger partial charge in [0.1, 0.15) is 40.2 Å². The van der Waals surface area contributed by atoms with Crippen LogP contribution in [0.15, 0.2) is 41.6 Å². The second kappa shape index (κ2) is 16.2. The van der Waals surface area contributed by atoms with Crippen molar-refractivity contribution in [2.75, 3.05) is 33.9 Å². The van der Waals surface area contributed by atoms with Crippen molar-refractivity contribution in [1.82, 2.24) is 15.2 Å². The summed E-state index contributed by atoms with van der Waals surface area (Å²) in [5.41, 5.74) is -3.60. The minimum Gasteiger partial charge on any atom is -0.507 e. The van der Waals surface area contributed by atoms with Gasteiger partial charge in [-0.2, -0.15) is 0 Å². The summed E-state index contributed by atoms with van der Waals surface area (Å²) < 4.78 is 35.9. The van der Waals surface area contributed by atoms with Gasteiger partial charge in [-0.25, -0.2) is 4.98 Å². The molecule has 3 saturated heterocycles. The molecule has 8 rings (SSSR count). The van der Waals surface area contributed by atoms with Crippen molar-refractivity contribution in [3.8, 4) is 17.2 Å². The molecule has 5 aliphatic rings. The molecule has 0 radical (unpaired) electrons. The van der Waals surface area contributed by atoms with Crippen LogP contribution in [0.3, 0.4) is 0 Å². The van der Waals surface area contributed by atoms with Crippen molar-refractivity contribution in [2.24, 2.45) is 0 Å². The van der Waals surface area contributed by atoms with Gasteiger partial charge in [-0.05, 0) is 29.9 Å². The molecule has 2 aromatic carbocycles. The Balaban J connectivity index is 1.09. The average molecular weight is 855 g/mol. The third kappa shape index (κ3) is 7.33. The molecule has 0 bridgehead atoms. The average Bonchev–Trinajstić information content (AvgIpc) is 3.61. The summed E-state index contributed by atoms with van der Waals surface area (Å²) in [4.78, 5) is 58.9. The molecule has 9 atom stereocenters. The van der Waals surface area contributed by atoms with Crippen LogP contribution in [0.1, 0.15) is 75.8 Å². The lowest BCUT2D eigenvalue weighted by molar-refractivity contribution is -0.385. The number of morpholine rings is 1. The largest absolute Gasteiger partial charge is 0.507 e. The van der Waals surface area contributed by atoms with E-state index in [0.29, 0.717) is 18.2 Å². The smallest absolute Gasteiger partial charge is 0.287 e. The molecule has 1 amide bonds. The summed E-state index contributed by atoms with van der Waals surface area (Å²) in [6.07, 6.45) is -3.80. The molecular formula is C39H42N4O14S2. The van der Waals surface area contributed by atoms with Crippen LogP contribution in [0.4, 0.5) is 5.69 Å². The van der Waals surface area contributed by atoms with Gasteiger partial charge in [0, 0.05) is 73.5 Å². The Bertz CT molecular complexity index is 2190. The maximum absolute atomic E-state index is 14.2. The molecule has 59 heavy (non-hydrogen) atoms. The second-order valence-electron chi connectivity index (χ2n) is 15.0. The minimum absolute atomic E-state index is 0.0449. The van der Waals surface area contributed by atoms with Crippen molar-refractivity contribution in [1.29, 1.82) is 0 Å². The van der Waals surface area contributed by atoms with Crippen LogP contribution in [0, 0.1) is 10.1 Å². The van der Waals surface area contributed by atoms with Crippen LogP contribution < -0.4 is 10.1 Å². The molecule has 3 aliphatic heterocycles. The van der Waals surface area contributed by atoms with Gasteiger partial charge in [0.25, 0.3) is 11.6 Å². The van der Waals surface area contributed by atoms with Crippen molar-refractivity contribution in [3.05, 3.63) is 80.0 Å². The van der Waals surface area contributed by atoms with E-state index < -0.39 is 94.5 Å². The number of pyridine rings is 1. The molecule has 1 aromatic heterocycles. The van der Waals surface area contributed by atoms with Crippen molar-refractivity contribution < 1.29 is 63.0 Å². The number of benzene rings is 2. The van der Waals surface area contributed by atoms with E-state index in [4.69, 9.17) is 28.4 Å². The molecule has 4 N–H and O–H groups in total. The first-order chi connectivity index (χ1) is 28.2. The standard InChI is InChI=1S/C39H42N4O14S2/c1-17(58-59-25-9-8-19(16-40-25)43(50)51)15-41-38(48)39(49)13-21-28(34(47)30-29(32(21)45)31(44)20-6-5-7-23(52-3)27(20)33(30)46)24(14-39)56-26-12-22-35(18(2)55-26)57-36-37(53-4)54-11-10-42(22)36/h5-9,16-18,22,24,26,35-37,45,47,49H,10-15H2,1-4H3,(H,41,48)/t17-,18+,22+,24+,26+,35-,36-,37+,39+/m1/s1. The summed E-state index contributed by atoms with van der Waals surface area (Å²) >= 11 is 0. The highest BCUT2D eigenvalue weighted by Gasteiger charge is 2.55. The minimum atomic E-state index is -2.24. The number of methoxy groups -OCH3 is 2. The summed E-state index contributed by atoms with van der Waals surface area (Å²) in [5, 5.41) is 50.3. The number of amides is 1. The van der Waals surface area contributed by atoms with E-state index in [0.717, 1.165) is 6.20 Å². The van der Waals surface area contributed by atoms with Crippen LogP contribution in [0.25, 0.3) is 0 Å². The Morgan fingerprint density at radius 3 is 2.63 bits per heavy atom. The molecule has 3 aromatic rings. The van der Waals surface area contributed by atoms with E-state index in [-0.39, 0.29) is 64.1 Å². The monoisotopic (exact) mass is 854 g/mol. The number of phenolic OH excluding ortho intramolecular Hbond substituents is 2. The third-order valence-corrected chi connectivity index (χ3v) is 14.2. The van der Waals surface area contributed by atoms with Gasteiger partial charge < -0.3 is 49.1 Å². The van der Waals surface area contributed by atoms with Crippen LogP contribution in [0.5, 0.6) is 17.2 Å². The lowest BCUT2D eigenvalue weighted by Gasteiger charge is -2.43. The lowest BCUT2D eigenvalue weighted by atomic mass is 9.72. The lowest BCUT2D eigenvalue weighted by Crippen LogP contribution is -2.55. The number of carbonyl (C=O) groups is 3. The third-order valence-electron chi connectivity index (χ3n) is 11.4. The van der Waals surface area contributed by atoms with Gasteiger partial charge in [-0.1, -0.05) is 29.9 Å². The first-order valence-corrected chi connectivity index (χ1v) is 21.1. The van der Waals surface area contributed by atoms with Crippen LogP contribution >= 0.6 is 21.6 Å². The molecular weight excluding hydrogens is 813 g/mol. The van der Waals surface area contributed by atoms with E-state index in [1.807, 2.05) is 13.8 Å². The number of aromatic hydroxyl groups is 2. The van der Waals surface area contributed by atoms with Crippen molar-refractivity contribution in [3.63, 3.8) is 0 Å². The fraction of sp³-hybridized carbons (Fsp3) is 0.487. The molecule has 314 valence electrons. The number of phenols is 2. The SMILES string of the molecule is COc1cccc2c1C(=O)c1c(O)c3c(c(O)c1C2=O)C[C@@](O)(C(=O)NC[C@@H](C)SSc1ccc([N+](=O)[O-])cn1)C[C@@H]3O[C@H]1C[C@H]2[C@H](O[C@@H]3[C@@H](OC)OCCN32)[C@H](C)O1. The number of nitrogens with zero attached hydrogens (tertiary/aromatic N) is 3. The van der Waals surface area contributed by atoms with E-state index in [1.54, 1.807) is 0 Å². The zero-order valence-corrected chi connectivity index (χ0v) is 33.9. The van der Waals surface area contributed by atoms with Crippen molar-refractivity contribution in [2.45, 2.75) is 92.1 Å². The molecule has 0 unspecified atom stereocenters. The van der Waals surface area contributed by atoms with Crippen molar-refractivity contribution >= 4 is 44.7 Å². The Morgan fingerprint density at radius 2 is 1.92 bits per heavy atom. The fourth-order valence-corrected chi connectivity index (χ4v) is 10.5. The number of carbonyl (C=O) groups excluding carboxylic acids is 3. The van der Waals surface area contributed by atoms with Gasteiger partial charge in [0.05, 0.1) is 47.5 Å². The molecule has 4 heterocycles. The van der Waals surface area contributed by atoms with Gasteiger partial charge >= 0.3 is 0 Å². The van der Waals surface area contributed by atoms with Crippen LogP contribution in [0.2, 0.25) is 0 Å². The van der Waals surface area contributed by atoms with Crippen LogP contribution in [-0.4, -0.2) is 129 Å². The number of ketones is 2. The highest BCUT2D eigenvalue weighted by Crippen LogP contribution is 2.53. The van der Waals surface area contributed by atoms with Gasteiger partial charge in [-0.15, -0.1) is 0 Å². The normalized spacial score (nSPS) is 29.1. The molecule has 20 heteroatoms. The van der Waals surface area contributed by atoms with Crippen LogP contribution in [-0.2, 0) is 34.9 Å². The highest BCUT2D eigenvalue weighted by atomic mass is 33.1. The summed E-state index contributed by atoms with van der Waals surface area (Å²) in [5.74, 6) is -3.50. The van der Waals surface area contributed by atoms with Gasteiger partial charge in [0.2, 0.25) is 5.78 Å². The molecule has 0 saturated carbocycles. The number of aromatic nitrogens is 1. The zero-order valence-electron chi connectivity index (χ0n) is 32.3. The van der Waals surface area contributed by atoms with E-state index in [1.165, 1.54) is 66.1 Å². The summed E-state index contributed by atoms with van der Waals surface area (Å²) in [6, 6.07) is 7.11. The Hall–Kier alpha value is -4.38. The first-order valence-electron chi connectivity index (χ1n) is 18.9. The van der Waals surface area contributed by atoms with E-state index in [9.17, 15) is 39.8 Å². The molecule has 18 nitrogen and oxygen atoms in total. The number of rotatable bonds is 11. The number of hydrogen-bond acceptors (Lipinski definition) is 18. The second-order valence-corrected chi connectivity index (χ2v) is 17.7. The first kappa shape index (κ1) is 41.4. The van der Waals surface area contributed by atoms with Gasteiger partial charge in [0.15, 0.2) is 24.6 Å².